The molecule has 8 heteroatoms. The van der Waals surface area contributed by atoms with Gasteiger partial charge >= 0.3 is 6.03 Å². The van der Waals surface area contributed by atoms with Crippen LogP contribution in [0, 0.1) is 23.0 Å². The first kappa shape index (κ1) is 21.5. The highest BCUT2D eigenvalue weighted by atomic mass is 19.1. The summed E-state index contributed by atoms with van der Waals surface area (Å²) in [6.07, 6.45) is 2.03. The third kappa shape index (κ3) is 4.47. The van der Waals surface area contributed by atoms with Crippen molar-refractivity contribution in [2.75, 3.05) is 36.4 Å². The Bertz CT molecular complexity index is 1200. The van der Waals surface area contributed by atoms with Crippen LogP contribution in [0.1, 0.15) is 24.5 Å². The Morgan fingerprint density at radius 2 is 1.91 bits per heavy atom. The summed E-state index contributed by atoms with van der Waals surface area (Å²) in [5.74, 6) is -0.919. The lowest BCUT2D eigenvalue weighted by molar-refractivity contribution is 0.208. The van der Waals surface area contributed by atoms with Gasteiger partial charge in [-0.1, -0.05) is 19.4 Å². The first-order valence-corrected chi connectivity index (χ1v) is 10.6. The molecule has 1 aliphatic rings. The van der Waals surface area contributed by atoms with Gasteiger partial charge in [-0.2, -0.15) is 5.26 Å². The highest BCUT2D eigenvalue weighted by molar-refractivity contribution is 5.89. The Balaban J connectivity index is 1.47. The van der Waals surface area contributed by atoms with Gasteiger partial charge in [0.05, 0.1) is 16.8 Å². The van der Waals surface area contributed by atoms with Crippen LogP contribution in [0.15, 0.2) is 42.5 Å². The molecule has 0 aliphatic carbocycles. The van der Waals surface area contributed by atoms with Gasteiger partial charge in [-0.05, 0) is 42.3 Å². The number of carbonyl (C=O) groups excluding carboxylic acids is 1. The number of rotatable bonds is 4. The van der Waals surface area contributed by atoms with Gasteiger partial charge in [-0.25, -0.2) is 18.6 Å². The number of aryl methyl sites for hydroxylation is 1. The number of pyridine rings is 1. The average Bonchev–Trinajstić information content (AvgIpc) is 2.80. The molecule has 0 saturated carbocycles. The fourth-order valence-electron chi connectivity index (χ4n) is 3.89. The van der Waals surface area contributed by atoms with Crippen molar-refractivity contribution in [3.63, 3.8) is 0 Å². The molecule has 0 unspecified atom stereocenters. The lowest BCUT2D eigenvalue weighted by Gasteiger charge is -2.35. The van der Waals surface area contributed by atoms with Crippen LogP contribution >= 0.6 is 0 Å². The van der Waals surface area contributed by atoms with Gasteiger partial charge in [-0.3, -0.25) is 0 Å². The quantitative estimate of drug-likeness (QED) is 0.645. The van der Waals surface area contributed by atoms with Crippen LogP contribution in [-0.4, -0.2) is 42.1 Å². The number of hydrogen-bond acceptors (Lipinski definition) is 4. The Morgan fingerprint density at radius 3 is 2.59 bits per heavy atom. The molecule has 1 N–H and O–H groups in total. The van der Waals surface area contributed by atoms with E-state index >= 15 is 0 Å². The third-order valence-electron chi connectivity index (χ3n) is 5.56. The van der Waals surface area contributed by atoms with E-state index < -0.39 is 17.7 Å². The van der Waals surface area contributed by atoms with Crippen LogP contribution in [0.3, 0.4) is 0 Å². The van der Waals surface area contributed by atoms with Gasteiger partial charge in [0.15, 0.2) is 0 Å². The molecule has 0 bridgehead atoms. The Morgan fingerprint density at radius 1 is 1.12 bits per heavy atom. The predicted molar refractivity (Wildman–Crippen MR) is 120 cm³/mol. The van der Waals surface area contributed by atoms with Crippen molar-refractivity contribution < 1.29 is 13.6 Å². The van der Waals surface area contributed by atoms with Crippen LogP contribution < -0.4 is 10.2 Å². The van der Waals surface area contributed by atoms with E-state index in [2.05, 4.69) is 30.4 Å². The number of nitriles is 1. The Hall–Kier alpha value is -3.73. The summed E-state index contributed by atoms with van der Waals surface area (Å²) in [5.41, 5.74) is 2.48. The van der Waals surface area contributed by atoms with E-state index in [1.165, 1.54) is 11.6 Å². The molecular weight excluding hydrogens is 412 g/mol. The fraction of sp³-hybridized carbons (Fsp3) is 0.292. The second-order valence-electron chi connectivity index (χ2n) is 7.78. The van der Waals surface area contributed by atoms with E-state index in [-0.39, 0.29) is 5.69 Å². The number of carbonyl (C=O) groups is 1. The SMILES string of the molecule is CCCc1ccc2nc(N3CCN(C(=O)Nc4ccc(F)cc4F)CC3)c(C#N)cc2c1. The van der Waals surface area contributed by atoms with Crippen molar-refractivity contribution in [1.29, 1.82) is 5.26 Å². The predicted octanol–water partition coefficient (Wildman–Crippen LogP) is 4.69. The van der Waals surface area contributed by atoms with Gasteiger partial charge in [0.25, 0.3) is 0 Å². The number of amides is 2. The highest BCUT2D eigenvalue weighted by Gasteiger charge is 2.24. The minimum atomic E-state index is -0.821. The summed E-state index contributed by atoms with van der Waals surface area (Å²) in [6.45, 7) is 3.87. The van der Waals surface area contributed by atoms with Crippen molar-refractivity contribution in [2.24, 2.45) is 0 Å². The molecule has 1 saturated heterocycles. The van der Waals surface area contributed by atoms with E-state index in [1.54, 1.807) is 4.90 Å². The summed E-state index contributed by atoms with van der Waals surface area (Å²) in [6, 6.07) is 12.8. The van der Waals surface area contributed by atoms with E-state index in [9.17, 15) is 18.8 Å². The van der Waals surface area contributed by atoms with Gasteiger partial charge in [-0.15, -0.1) is 0 Å². The van der Waals surface area contributed by atoms with Gasteiger partial charge < -0.3 is 15.1 Å². The zero-order chi connectivity index (χ0) is 22.7. The van der Waals surface area contributed by atoms with Crippen LogP contribution in [0.4, 0.5) is 25.1 Å². The Kier molecular flexibility index (Phi) is 6.17. The summed E-state index contributed by atoms with van der Waals surface area (Å²) >= 11 is 0. The largest absolute Gasteiger partial charge is 0.352 e. The van der Waals surface area contributed by atoms with Crippen molar-refractivity contribution in [3.05, 3.63) is 65.2 Å². The first-order chi connectivity index (χ1) is 15.5. The van der Waals surface area contributed by atoms with Crippen LogP contribution in [-0.2, 0) is 6.42 Å². The van der Waals surface area contributed by atoms with Gasteiger partial charge in [0.2, 0.25) is 0 Å². The summed E-state index contributed by atoms with van der Waals surface area (Å²) in [4.78, 5) is 20.8. The second kappa shape index (κ2) is 9.18. The molecule has 2 amide bonds. The summed E-state index contributed by atoms with van der Waals surface area (Å²) in [5, 5.41) is 13.1. The molecule has 0 spiro atoms. The zero-order valence-corrected chi connectivity index (χ0v) is 17.7. The number of aromatic nitrogens is 1. The molecule has 1 aromatic heterocycles. The molecule has 3 aromatic rings. The smallest absolute Gasteiger partial charge is 0.322 e. The number of benzene rings is 2. The molecule has 1 aliphatic heterocycles. The van der Waals surface area contributed by atoms with E-state index in [1.807, 2.05) is 17.0 Å². The molecule has 32 heavy (non-hydrogen) atoms. The molecule has 1 fully saturated rings. The standard InChI is InChI=1S/C24H23F2N5O/c1-2-3-16-4-6-21-17(12-16)13-18(15-27)23(28-21)30-8-10-31(11-9-30)24(32)29-22-7-5-19(25)14-20(22)26/h4-7,12-14H,2-3,8-11H2,1H3,(H,29,32). The monoisotopic (exact) mass is 435 g/mol. The molecule has 0 atom stereocenters. The highest BCUT2D eigenvalue weighted by Crippen LogP contribution is 2.26. The maximum atomic E-state index is 13.8. The topological polar surface area (TPSA) is 72.3 Å². The number of urea groups is 1. The minimum Gasteiger partial charge on any atom is -0.352 e. The minimum absolute atomic E-state index is 0.0655. The van der Waals surface area contributed by atoms with Crippen molar-refractivity contribution >= 4 is 28.4 Å². The van der Waals surface area contributed by atoms with Gasteiger partial charge in [0, 0.05) is 37.6 Å². The zero-order valence-electron chi connectivity index (χ0n) is 17.7. The number of piperazine rings is 1. The van der Waals surface area contributed by atoms with Crippen LogP contribution in [0.5, 0.6) is 0 Å². The molecule has 0 radical (unpaired) electrons. The molecule has 4 rings (SSSR count). The van der Waals surface area contributed by atoms with Crippen molar-refractivity contribution in [1.82, 2.24) is 9.88 Å². The van der Waals surface area contributed by atoms with Crippen LogP contribution in [0.25, 0.3) is 10.9 Å². The second-order valence-corrected chi connectivity index (χ2v) is 7.78. The lowest BCUT2D eigenvalue weighted by Crippen LogP contribution is -2.50. The number of hydrogen-bond donors (Lipinski definition) is 1. The fourth-order valence-corrected chi connectivity index (χ4v) is 3.89. The molecule has 164 valence electrons. The number of anilines is 2. The van der Waals surface area contributed by atoms with Gasteiger partial charge in [0.1, 0.15) is 23.5 Å². The van der Waals surface area contributed by atoms with Crippen LogP contribution in [0.2, 0.25) is 0 Å². The third-order valence-corrected chi connectivity index (χ3v) is 5.56. The summed E-state index contributed by atoms with van der Waals surface area (Å²) < 4.78 is 26.9. The van der Waals surface area contributed by atoms with Crippen molar-refractivity contribution in [2.45, 2.75) is 19.8 Å². The molecule has 6 nitrogen and oxygen atoms in total. The van der Waals surface area contributed by atoms with E-state index in [0.29, 0.717) is 37.6 Å². The molecule has 2 aromatic carbocycles. The van der Waals surface area contributed by atoms with E-state index in [0.717, 1.165) is 35.9 Å². The van der Waals surface area contributed by atoms with Crippen molar-refractivity contribution in [3.8, 4) is 6.07 Å². The number of halogens is 2. The number of nitrogens with one attached hydrogen (secondary N) is 1. The average molecular weight is 435 g/mol. The molecular formula is C24H23F2N5O. The lowest BCUT2D eigenvalue weighted by atomic mass is 10.1. The number of fused-ring (bicyclic) bond motifs is 1. The van der Waals surface area contributed by atoms with E-state index in [4.69, 9.17) is 4.98 Å². The maximum Gasteiger partial charge on any atom is 0.322 e. The normalized spacial score (nSPS) is 13.8. The molecule has 2 heterocycles. The Labute approximate surface area is 185 Å². The number of nitrogens with zero attached hydrogens (tertiary/aromatic N) is 4. The first-order valence-electron chi connectivity index (χ1n) is 10.6. The summed E-state index contributed by atoms with van der Waals surface area (Å²) in [7, 11) is 0. The maximum absolute atomic E-state index is 13.8.